The van der Waals surface area contributed by atoms with Gasteiger partial charge in [-0.3, -0.25) is 4.79 Å². The van der Waals surface area contributed by atoms with Crippen molar-refractivity contribution in [3.63, 3.8) is 0 Å². The van der Waals surface area contributed by atoms with Crippen LogP contribution in [0.5, 0.6) is 5.75 Å². The maximum Gasteiger partial charge on any atom is 0.237 e. The van der Waals surface area contributed by atoms with Crippen molar-refractivity contribution in [2.24, 2.45) is 0 Å². The third-order valence-electron chi connectivity index (χ3n) is 2.73. The highest BCUT2D eigenvalue weighted by Gasteiger charge is 2.18. The second-order valence-electron chi connectivity index (χ2n) is 4.26. The number of aromatic nitrogens is 2. The van der Waals surface area contributed by atoms with Crippen LogP contribution >= 0.6 is 34.7 Å². The minimum atomic E-state index is -0.293. The van der Waals surface area contributed by atoms with E-state index >= 15 is 0 Å². The van der Waals surface area contributed by atoms with E-state index in [2.05, 4.69) is 15.5 Å². The van der Waals surface area contributed by atoms with Crippen molar-refractivity contribution in [3.8, 4) is 5.75 Å². The van der Waals surface area contributed by atoms with Crippen LogP contribution in [0.4, 0.5) is 5.69 Å². The predicted octanol–water partition coefficient (Wildman–Crippen LogP) is 3.63. The standard InChI is InChI=1S/C13H14ClN3O2S2/c1-7-4-10(11(19-3)5-9(7)14)16-12(18)8(2)21-13-17-15-6-20-13/h4-6,8H,1-3H3,(H,16,18)/t8-/m0/s1. The first kappa shape index (κ1) is 16.1. The fourth-order valence-electron chi connectivity index (χ4n) is 1.58. The van der Waals surface area contributed by atoms with E-state index in [0.29, 0.717) is 16.5 Å². The summed E-state index contributed by atoms with van der Waals surface area (Å²) in [5.41, 5.74) is 3.12. The van der Waals surface area contributed by atoms with Crippen molar-refractivity contribution in [3.05, 3.63) is 28.2 Å². The molecule has 1 N–H and O–H groups in total. The van der Waals surface area contributed by atoms with Gasteiger partial charge >= 0.3 is 0 Å². The molecule has 1 atom stereocenters. The maximum atomic E-state index is 12.2. The van der Waals surface area contributed by atoms with Gasteiger partial charge in [0.05, 0.1) is 18.0 Å². The van der Waals surface area contributed by atoms with Crippen molar-refractivity contribution in [2.75, 3.05) is 12.4 Å². The van der Waals surface area contributed by atoms with E-state index < -0.39 is 0 Å². The van der Waals surface area contributed by atoms with Crippen molar-refractivity contribution >= 4 is 46.3 Å². The zero-order valence-electron chi connectivity index (χ0n) is 11.7. The number of carbonyl (C=O) groups excluding carboxylic acids is 1. The van der Waals surface area contributed by atoms with Crippen molar-refractivity contribution in [2.45, 2.75) is 23.4 Å². The number of ether oxygens (including phenoxy) is 1. The summed E-state index contributed by atoms with van der Waals surface area (Å²) < 4.78 is 6.00. The normalized spacial score (nSPS) is 12.0. The van der Waals surface area contributed by atoms with Crippen LogP contribution in [0.2, 0.25) is 5.02 Å². The van der Waals surface area contributed by atoms with Gasteiger partial charge in [0.25, 0.3) is 0 Å². The van der Waals surface area contributed by atoms with Crippen LogP contribution < -0.4 is 10.1 Å². The van der Waals surface area contributed by atoms with Crippen LogP contribution in [-0.2, 0) is 4.79 Å². The molecule has 2 aromatic rings. The topological polar surface area (TPSA) is 64.1 Å². The number of halogens is 1. The fourth-order valence-corrected chi connectivity index (χ4v) is 3.36. The minimum Gasteiger partial charge on any atom is -0.495 e. The summed E-state index contributed by atoms with van der Waals surface area (Å²) in [6.45, 7) is 3.69. The average Bonchev–Trinajstić information content (AvgIpc) is 2.95. The predicted molar refractivity (Wildman–Crippen MR) is 86.6 cm³/mol. The number of thioether (sulfide) groups is 1. The Kier molecular flexibility index (Phi) is 5.44. The summed E-state index contributed by atoms with van der Waals surface area (Å²) >= 11 is 8.82. The van der Waals surface area contributed by atoms with Gasteiger partial charge in [0.1, 0.15) is 11.3 Å². The minimum absolute atomic E-state index is 0.129. The number of benzene rings is 1. The Morgan fingerprint density at radius 1 is 1.52 bits per heavy atom. The number of hydrogen-bond acceptors (Lipinski definition) is 6. The molecule has 0 aliphatic carbocycles. The second kappa shape index (κ2) is 7.11. The molecule has 0 spiro atoms. The van der Waals surface area contributed by atoms with Crippen LogP contribution in [0.15, 0.2) is 22.0 Å². The summed E-state index contributed by atoms with van der Waals surface area (Å²) in [6.07, 6.45) is 0. The Bertz CT molecular complexity index is 635. The summed E-state index contributed by atoms with van der Waals surface area (Å²) in [6, 6.07) is 3.48. The van der Waals surface area contributed by atoms with E-state index in [1.807, 2.05) is 13.8 Å². The van der Waals surface area contributed by atoms with E-state index in [0.717, 1.165) is 9.90 Å². The summed E-state index contributed by atoms with van der Waals surface area (Å²) in [7, 11) is 1.54. The molecule has 0 aliphatic rings. The summed E-state index contributed by atoms with van der Waals surface area (Å²) in [4.78, 5) is 12.2. The van der Waals surface area contributed by atoms with Crippen LogP contribution in [0.1, 0.15) is 12.5 Å². The smallest absolute Gasteiger partial charge is 0.237 e. The van der Waals surface area contributed by atoms with Gasteiger partial charge in [-0.25, -0.2) is 0 Å². The number of amides is 1. The molecule has 0 saturated carbocycles. The van der Waals surface area contributed by atoms with Gasteiger partial charge in [0, 0.05) is 11.1 Å². The second-order valence-corrected chi connectivity index (χ2v) is 7.08. The number of hydrogen-bond donors (Lipinski definition) is 1. The molecule has 112 valence electrons. The van der Waals surface area contributed by atoms with Crippen LogP contribution in [0, 0.1) is 6.92 Å². The average molecular weight is 344 g/mol. The van der Waals surface area contributed by atoms with Gasteiger partial charge in [-0.1, -0.05) is 34.7 Å². The van der Waals surface area contributed by atoms with Crippen LogP contribution in [-0.4, -0.2) is 28.5 Å². The molecule has 1 aromatic heterocycles. The largest absolute Gasteiger partial charge is 0.495 e. The van der Waals surface area contributed by atoms with Gasteiger partial charge in [-0.05, 0) is 25.5 Å². The van der Waals surface area contributed by atoms with E-state index in [4.69, 9.17) is 16.3 Å². The third-order valence-corrected chi connectivity index (χ3v) is 5.04. The lowest BCUT2D eigenvalue weighted by molar-refractivity contribution is -0.115. The number of rotatable bonds is 5. The molecule has 8 heteroatoms. The van der Waals surface area contributed by atoms with E-state index in [1.54, 1.807) is 17.6 Å². The Labute approximate surface area is 136 Å². The molecule has 0 fully saturated rings. The molecule has 21 heavy (non-hydrogen) atoms. The Morgan fingerprint density at radius 2 is 2.29 bits per heavy atom. The Balaban J connectivity index is 2.10. The molecule has 5 nitrogen and oxygen atoms in total. The van der Waals surface area contributed by atoms with Crippen LogP contribution in [0.3, 0.4) is 0 Å². The first-order valence-corrected chi connectivity index (χ1v) is 8.22. The lowest BCUT2D eigenvalue weighted by atomic mass is 10.2. The molecule has 1 heterocycles. The van der Waals surface area contributed by atoms with E-state index in [1.165, 1.54) is 30.2 Å². The van der Waals surface area contributed by atoms with Crippen molar-refractivity contribution in [1.29, 1.82) is 0 Å². The monoisotopic (exact) mass is 343 g/mol. The number of anilines is 1. The quantitative estimate of drug-likeness (QED) is 0.840. The number of aryl methyl sites for hydroxylation is 1. The number of carbonyl (C=O) groups is 1. The highest BCUT2D eigenvalue weighted by atomic mass is 35.5. The van der Waals surface area contributed by atoms with Gasteiger partial charge in [-0.2, -0.15) is 0 Å². The van der Waals surface area contributed by atoms with Gasteiger partial charge < -0.3 is 10.1 Å². The SMILES string of the molecule is COc1cc(Cl)c(C)cc1NC(=O)[C@H](C)Sc1nncs1. The zero-order valence-corrected chi connectivity index (χ0v) is 14.1. The molecule has 0 saturated heterocycles. The Hall–Kier alpha value is -1.31. The van der Waals surface area contributed by atoms with Crippen LogP contribution in [0.25, 0.3) is 0 Å². The first-order chi connectivity index (χ1) is 10.0. The highest BCUT2D eigenvalue weighted by molar-refractivity contribution is 8.02. The fraction of sp³-hybridized carbons (Fsp3) is 0.308. The molecule has 0 aliphatic heterocycles. The van der Waals surface area contributed by atoms with Gasteiger partial charge in [-0.15, -0.1) is 10.2 Å². The highest BCUT2D eigenvalue weighted by Crippen LogP contribution is 2.32. The molecule has 0 unspecified atom stereocenters. The number of nitrogens with one attached hydrogen (secondary N) is 1. The first-order valence-electron chi connectivity index (χ1n) is 6.09. The molecule has 2 rings (SSSR count). The molecule has 0 bridgehead atoms. The molecular formula is C13H14ClN3O2S2. The summed E-state index contributed by atoms with van der Waals surface area (Å²) in [5, 5.41) is 10.8. The number of nitrogens with zero attached hydrogens (tertiary/aromatic N) is 2. The molecule has 1 amide bonds. The van der Waals surface area contributed by atoms with Gasteiger partial charge in [0.15, 0.2) is 4.34 Å². The maximum absolute atomic E-state index is 12.2. The summed E-state index contributed by atoms with van der Waals surface area (Å²) in [5.74, 6) is 0.405. The molecular weight excluding hydrogens is 330 g/mol. The third kappa shape index (κ3) is 4.09. The Morgan fingerprint density at radius 3 is 2.90 bits per heavy atom. The lowest BCUT2D eigenvalue weighted by Gasteiger charge is -2.14. The number of methoxy groups -OCH3 is 1. The van der Waals surface area contributed by atoms with E-state index in [-0.39, 0.29) is 11.2 Å². The van der Waals surface area contributed by atoms with Crippen molar-refractivity contribution < 1.29 is 9.53 Å². The van der Waals surface area contributed by atoms with Crippen molar-refractivity contribution in [1.82, 2.24) is 10.2 Å². The molecule has 1 aromatic carbocycles. The van der Waals surface area contributed by atoms with E-state index in [9.17, 15) is 4.79 Å². The molecule has 0 radical (unpaired) electrons. The zero-order chi connectivity index (χ0) is 15.4. The van der Waals surface area contributed by atoms with Gasteiger partial charge in [0.2, 0.25) is 5.91 Å². The lowest BCUT2D eigenvalue weighted by Crippen LogP contribution is -2.22.